The molecule has 1 N–H and O–H groups in total. The summed E-state index contributed by atoms with van der Waals surface area (Å²) in [4.78, 5) is 17.4. The minimum atomic E-state index is -4.80. The standard InChI is InChI=1S/C29H20ClF3N6O2/c1-41-21-10-5-8-18(12-21)23-13-24(29(31,32)33)39-27(36-23)25(30)26(37-39)28(40)35-20-14-34-38(16-20)15-19-9-4-7-17-6-2-3-11-22(17)19/h2-14,16H,15H2,1H3,(H,35,40). The van der Waals surface area contributed by atoms with Crippen LogP contribution in [0.25, 0.3) is 27.7 Å². The van der Waals surface area contributed by atoms with Crippen LogP contribution < -0.4 is 10.1 Å². The number of hydrogen-bond donors (Lipinski definition) is 1. The number of carbonyl (C=O) groups excluding carboxylic acids is 1. The van der Waals surface area contributed by atoms with E-state index in [9.17, 15) is 18.0 Å². The molecular formula is C29H20ClF3N6O2. The molecule has 0 radical (unpaired) electrons. The maximum Gasteiger partial charge on any atom is 0.433 e. The van der Waals surface area contributed by atoms with Crippen molar-refractivity contribution in [2.45, 2.75) is 12.7 Å². The van der Waals surface area contributed by atoms with Crippen molar-refractivity contribution < 1.29 is 22.7 Å². The second-order valence-electron chi connectivity index (χ2n) is 9.17. The monoisotopic (exact) mass is 576 g/mol. The smallest absolute Gasteiger partial charge is 0.433 e. The number of halogens is 4. The summed E-state index contributed by atoms with van der Waals surface area (Å²) in [6, 6.07) is 21.2. The zero-order chi connectivity index (χ0) is 28.7. The van der Waals surface area contributed by atoms with Gasteiger partial charge in [-0.3, -0.25) is 9.48 Å². The van der Waals surface area contributed by atoms with Gasteiger partial charge in [-0.25, -0.2) is 9.50 Å². The molecule has 1 amide bonds. The van der Waals surface area contributed by atoms with Crippen LogP contribution in [0.5, 0.6) is 5.75 Å². The number of methoxy groups -OCH3 is 1. The van der Waals surface area contributed by atoms with Crippen LogP contribution in [0.3, 0.4) is 0 Å². The zero-order valence-electron chi connectivity index (χ0n) is 21.4. The molecule has 0 unspecified atom stereocenters. The number of aromatic nitrogens is 5. The van der Waals surface area contributed by atoms with Crippen LogP contribution >= 0.6 is 11.6 Å². The molecule has 6 rings (SSSR count). The molecule has 0 aliphatic heterocycles. The number of nitrogens with one attached hydrogen (secondary N) is 1. The average molecular weight is 577 g/mol. The first kappa shape index (κ1) is 26.3. The molecule has 6 aromatic rings. The first-order chi connectivity index (χ1) is 19.7. The van der Waals surface area contributed by atoms with Crippen molar-refractivity contribution in [1.82, 2.24) is 24.4 Å². The van der Waals surface area contributed by atoms with Crippen molar-refractivity contribution in [1.29, 1.82) is 0 Å². The summed E-state index contributed by atoms with van der Waals surface area (Å²) in [5.41, 5.74) is -0.129. The molecular weight excluding hydrogens is 557 g/mol. The number of ether oxygens (including phenoxy) is 1. The fraction of sp³-hybridized carbons (Fsp3) is 0.103. The van der Waals surface area contributed by atoms with Gasteiger partial charge in [-0.05, 0) is 34.5 Å². The van der Waals surface area contributed by atoms with E-state index < -0.39 is 23.5 Å². The van der Waals surface area contributed by atoms with Gasteiger partial charge in [0.05, 0.1) is 31.2 Å². The Balaban J connectivity index is 1.31. The fourth-order valence-corrected chi connectivity index (χ4v) is 4.82. The van der Waals surface area contributed by atoms with E-state index in [1.807, 2.05) is 42.5 Å². The number of amides is 1. The van der Waals surface area contributed by atoms with Crippen molar-refractivity contribution >= 4 is 39.6 Å². The summed E-state index contributed by atoms with van der Waals surface area (Å²) in [5, 5.41) is 12.7. The highest BCUT2D eigenvalue weighted by Gasteiger charge is 2.37. The number of fused-ring (bicyclic) bond motifs is 2. The molecule has 8 nitrogen and oxygen atoms in total. The van der Waals surface area contributed by atoms with Crippen molar-refractivity contribution in [3.63, 3.8) is 0 Å². The summed E-state index contributed by atoms with van der Waals surface area (Å²) in [6.45, 7) is 0.443. The lowest BCUT2D eigenvalue weighted by Gasteiger charge is -2.11. The molecule has 206 valence electrons. The molecule has 3 aromatic carbocycles. The minimum absolute atomic E-state index is 0.00723. The van der Waals surface area contributed by atoms with E-state index in [2.05, 4.69) is 20.5 Å². The number of alkyl halides is 3. The summed E-state index contributed by atoms with van der Waals surface area (Å²) in [5.74, 6) is -0.361. The molecule has 0 atom stereocenters. The molecule has 0 saturated carbocycles. The van der Waals surface area contributed by atoms with E-state index in [4.69, 9.17) is 16.3 Å². The van der Waals surface area contributed by atoms with Gasteiger partial charge in [-0.2, -0.15) is 23.4 Å². The maximum atomic E-state index is 14.1. The molecule has 0 aliphatic rings. The van der Waals surface area contributed by atoms with Crippen LogP contribution in [-0.2, 0) is 12.7 Å². The van der Waals surface area contributed by atoms with Crippen LogP contribution in [0, 0.1) is 0 Å². The Kier molecular flexibility index (Phi) is 6.58. The third-order valence-electron chi connectivity index (χ3n) is 6.51. The van der Waals surface area contributed by atoms with Crippen LogP contribution in [-0.4, -0.2) is 37.4 Å². The Labute approximate surface area is 236 Å². The van der Waals surface area contributed by atoms with Crippen molar-refractivity contribution in [2.75, 3.05) is 12.4 Å². The molecule has 0 bridgehead atoms. The summed E-state index contributed by atoms with van der Waals surface area (Å²) in [7, 11) is 1.45. The molecule has 0 fully saturated rings. The van der Waals surface area contributed by atoms with Crippen LogP contribution in [0.1, 0.15) is 21.7 Å². The molecule has 12 heteroatoms. The lowest BCUT2D eigenvalue weighted by atomic mass is 10.0. The summed E-state index contributed by atoms with van der Waals surface area (Å²) < 4.78 is 49.5. The first-order valence-electron chi connectivity index (χ1n) is 12.3. The zero-order valence-corrected chi connectivity index (χ0v) is 22.1. The topological polar surface area (TPSA) is 86.3 Å². The lowest BCUT2D eigenvalue weighted by Crippen LogP contribution is -2.15. The highest BCUT2D eigenvalue weighted by atomic mass is 35.5. The van der Waals surface area contributed by atoms with Gasteiger partial charge in [0, 0.05) is 11.8 Å². The van der Waals surface area contributed by atoms with Crippen molar-refractivity contribution in [3.05, 3.63) is 107 Å². The number of carbonyl (C=O) groups is 1. The Bertz CT molecular complexity index is 1930. The van der Waals surface area contributed by atoms with E-state index in [1.54, 1.807) is 35.1 Å². The van der Waals surface area contributed by atoms with Gasteiger partial charge in [0.1, 0.15) is 10.8 Å². The van der Waals surface area contributed by atoms with E-state index in [0.29, 0.717) is 28.1 Å². The Morgan fingerprint density at radius 2 is 1.83 bits per heavy atom. The van der Waals surface area contributed by atoms with Gasteiger partial charge in [0.2, 0.25) is 0 Å². The predicted octanol–water partition coefficient (Wildman–Crippen LogP) is 6.73. The van der Waals surface area contributed by atoms with E-state index in [-0.39, 0.29) is 16.4 Å². The van der Waals surface area contributed by atoms with Gasteiger partial charge in [0.25, 0.3) is 5.91 Å². The second-order valence-corrected chi connectivity index (χ2v) is 9.55. The lowest BCUT2D eigenvalue weighted by molar-refractivity contribution is -0.142. The van der Waals surface area contributed by atoms with Crippen LogP contribution in [0.4, 0.5) is 18.9 Å². The van der Waals surface area contributed by atoms with Crippen molar-refractivity contribution in [3.8, 4) is 17.0 Å². The van der Waals surface area contributed by atoms with Gasteiger partial charge in [0.15, 0.2) is 17.0 Å². The highest BCUT2D eigenvalue weighted by molar-refractivity contribution is 6.37. The van der Waals surface area contributed by atoms with Gasteiger partial charge in [-0.1, -0.05) is 66.2 Å². The van der Waals surface area contributed by atoms with Crippen molar-refractivity contribution in [2.24, 2.45) is 0 Å². The van der Waals surface area contributed by atoms with E-state index in [1.165, 1.54) is 13.3 Å². The molecule has 3 aromatic heterocycles. The number of hydrogen-bond acceptors (Lipinski definition) is 5. The van der Waals surface area contributed by atoms with Gasteiger partial charge in [-0.15, -0.1) is 0 Å². The maximum absolute atomic E-state index is 14.1. The Morgan fingerprint density at radius 1 is 1.05 bits per heavy atom. The number of rotatable bonds is 6. The normalized spacial score (nSPS) is 11.7. The third kappa shape index (κ3) is 5.07. The largest absolute Gasteiger partial charge is 0.497 e. The quantitative estimate of drug-likeness (QED) is 0.238. The molecule has 41 heavy (non-hydrogen) atoms. The third-order valence-corrected chi connectivity index (χ3v) is 6.86. The average Bonchev–Trinajstić information content (AvgIpc) is 3.55. The van der Waals surface area contributed by atoms with E-state index >= 15 is 0 Å². The molecule has 0 aliphatic carbocycles. The molecule has 3 heterocycles. The SMILES string of the molecule is COc1cccc(-c2cc(C(F)(F)F)n3nc(C(=O)Nc4cnn(Cc5cccc6ccccc56)c4)c(Cl)c3n2)c1. The van der Waals surface area contributed by atoms with E-state index in [0.717, 1.165) is 22.4 Å². The molecule has 0 spiro atoms. The summed E-state index contributed by atoms with van der Waals surface area (Å²) >= 11 is 6.41. The number of benzene rings is 3. The summed E-state index contributed by atoms with van der Waals surface area (Å²) in [6.07, 6.45) is -1.75. The highest BCUT2D eigenvalue weighted by Crippen LogP contribution is 2.35. The van der Waals surface area contributed by atoms with Gasteiger partial charge < -0.3 is 10.1 Å². The second kappa shape index (κ2) is 10.3. The van der Waals surface area contributed by atoms with Gasteiger partial charge >= 0.3 is 6.18 Å². The molecule has 0 saturated heterocycles. The van der Waals surface area contributed by atoms with Crippen LogP contribution in [0.15, 0.2) is 85.2 Å². The number of anilines is 1. The Hall–Kier alpha value is -4.90. The minimum Gasteiger partial charge on any atom is -0.497 e. The first-order valence-corrected chi connectivity index (χ1v) is 12.7. The Morgan fingerprint density at radius 3 is 2.63 bits per heavy atom. The fourth-order valence-electron chi connectivity index (χ4n) is 4.58. The predicted molar refractivity (Wildman–Crippen MR) is 148 cm³/mol. The number of nitrogens with zero attached hydrogens (tertiary/aromatic N) is 5. The van der Waals surface area contributed by atoms with Crippen LogP contribution in [0.2, 0.25) is 5.02 Å².